The molecule has 1 heterocycles. The molecule has 5 nitrogen and oxygen atoms in total. The third-order valence-electron chi connectivity index (χ3n) is 4.65. The predicted octanol–water partition coefficient (Wildman–Crippen LogP) is 4.58. The largest absolute Gasteiger partial charge is 0.506 e. The Bertz CT molecular complexity index is 1040. The molecule has 3 aromatic rings. The van der Waals surface area contributed by atoms with Crippen LogP contribution >= 0.6 is 11.6 Å². The Kier molecular flexibility index (Phi) is 5.85. The van der Waals surface area contributed by atoms with Gasteiger partial charge in [-0.05, 0) is 50.6 Å². The van der Waals surface area contributed by atoms with E-state index in [4.69, 9.17) is 11.6 Å². The van der Waals surface area contributed by atoms with E-state index in [1.54, 1.807) is 6.21 Å². The number of hydrogen-bond acceptors (Lipinski definition) is 3. The van der Waals surface area contributed by atoms with Crippen LogP contribution in [0.25, 0.3) is 0 Å². The maximum Gasteiger partial charge on any atom is 0.271 e. The van der Waals surface area contributed by atoms with Crippen molar-refractivity contribution in [3.8, 4) is 5.75 Å². The minimum absolute atomic E-state index is 0.0669. The molecular weight excluding hydrogens is 374 g/mol. The van der Waals surface area contributed by atoms with Crippen molar-refractivity contribution in [3.63, 3.8) is 0 Å². The van der Waals surface area contributed by atoms with Crippen LogP contribution in [0.5, 0.6) is 5.75 Å². The highest BCUT2D eigenvalue weighted by Crippen LogP contribution is 2.23. The third-order valence-corrected chi connectivity index (χ3v) is 4.96. The summed E-state index contributed by atoms with van der Waals surface area (Å²) in [6.07, 6.45) is 1.63. The molecule has 0 fully saturated rings. The number of aryl methyl sites for hydroxylation is 2. The molecule has 1 amide bonds. The summed E-state index contributed by atoms with van der Waals surface area (Å²) < 4.78 is 2.22. The third kappa shape index (κ3) is 4.43. The van der Waals surface area contributed by atoms with Crippen molar-refractivity contribution < 1.29 is 9.90 Å². The van der Waals surface area contributed by atoms with Crippen molar-refractivity contribution in [1.82, 2.24) is 9.99 Å². The summed E-state index contributed by atoms with van der Waals surface area (Å²) in [5.74, 6) is -0.464. The molecule has 6 heteroatoms. The first-order valence-corrected chi connectivity index (χ1v) is 9.27. The Morgan fingerprint density at radius 2 is 1.86 bits per heavy atom. The van der Waals surface area contributed by atoms with E-state index in [2.05, 4.69) is 53.2 Å². The number of hydrazone groups is 1. The zero-order chi connectivity index (χ0) is 20.3. The number of phenolic OH excluding ortho intramolecular Hbond substituents is 1. The van der Waals surface area contributed by atoms with E-state index < -0.39 is 5.91 Å². The normalized spacial score (nSPS) is 11.1. The number of amides is 1. The topological polar surface area (TPSA) is 66.6 Å². The zero-order valence-corrected chi connectivity index (χ0v) is 16.8. The molecule has 28 heavy (non-hydrogen) atoms. The number of nitrogens with zero attached hydrogens (tertiary/aromatic N) is 2. The molecule has 0 radical (unpaired) electrons. The van der Waals surface area contributed by atoms with Gasteiger partial charge in [-0.2, -0.15) is 5.10 Å². The Morgan fingerprint density at radius 3 is 2.54 bits per heavy atom. The monoisotopic (exact) mass is 395 g/mol. The van der Waals surface area contributed by atoms with E-state index in [0.29, 0.717) is 5.56 Å². The van der Waals surface area contributed by atoms with Crippen molar-refractivity contribution >= 4 is 23.7 Å². The summed E-state index contributed by atoms with van der Waals surface area (Å²) >= 11 is 5.83. The number of hydrogen-bond donors (Lipinski definition) is 2. The van der Waals surface area contributed by atoms with Crippen LogP contribution in [-0.4, -0.2) is 21.8 Å². The minimum Gasteiger partial charge on any atom is -0.506 e. The number of carbonyl (C=O) groups excluding carboxylic acids is 1. The van der Waals surface area contributed by atoms with Crippen molar-refractivity contribution in [2.45, 2.75) is 27.3 Å². The molecule has 0 saturated carbocycles. The second kappa shape index (κ2) is 8.31. The van der Waals surface area contributed by atoms with Gasteiger partial charge in [-0.15, -0.1) is 0 Å². The molecule has 0 atom stereocenters. The van der Waals surface area contributed by atoms with E-state index >= 15 is 0 Å². The quantitative estimate of drug-likeness (QED) is 0.490. The molecule has 0 aliphatic heterocycles. The van der Waals surface area contributed by atoms with Crippen LogP contribution in [0.2, 0.25) is 5.02 Å². The Morgan fingerprint density at radius 1 is 1.14 bits per heavy atom. The lowest BCUT2D eigenvalue weighted by atomic mass is 10.1. The maximum absolute atomic E-state index is 12.2. The van der Waals surface area contributed by atoms with Gasteiger partial charge < -0.3 is 9.67 Å². The highest BCUT2D eigenvalue weighted by Gasteiger charge is 2.10. The number of nitrogens with one attached hydrogen (secondary N) is 1. The lowest BCUT2D eigenvalue weighted by molar-refractivity contribution is 0.0955. The zero-order valence-electron chi connectivity index (χ0n) is 16.0. The summed E-state index contributed by atoms with van der Waals surface area (Å²) in [6, 6.07) is 14.8. The van der Waals surface area contributed by atoms with E-state index in [1.165, 1.54) is 29.3 Å². The maximum atomic E-state index is 12.2. The second-order valence-corrected chi connectivity index (χ2v) is 7.17. The van der Waals surface area contributed by atoms with Gasteiger partial charge in [0.1, 0.15) is 5.75 Å². The molecule has 0 aliphatic carbocycles. The molecule has 0 bridgehead atoms. The fraction of sp³-hybridized carbons (Fsp3) is 0.182. The summed E-state index contributed by atoms with van der Waals surface area (Å²) in [7, 11) is 0. The summed E-state index contributed by atoms with van der Waals surface area (Å²) in [5, 5.41) is 13.6. The highest BCUT2D eigenvalue weighted by molar-refractivity contribution is 6.32. The van der Waals surface area contributed by atoms with E-state index in [9.17, 15) is 9.90 Å². The van der Waals surface area contributed by atoms with Gasteiger partial charge in [0.15, 0.2) is 0 Å². The van der Waals surface area contributed by atoms with Gasteiger partial charge >= 0.3 is 0 Å². The number of benzene rings is 2. The molecule has 2 N–H and O–H groups in total. The Hall–Kier alpha value is -3.05. The average molecular weight is 396 g/mol. The van der Waals surface area contributed by atoms with Gasteiger partial charge in [0.25, 0.3) is 5.91 Å². The fourth-order valence-electron chi connectivity index (χ4n) is 2.95. The predicted molar refractivity (Wildman–Crippen MR) is 112 cm³/mol. The van der Waals surface area contributed by atoms with Crippen LogP contribution in [-0.2, 0) is 6.54 Å². The number of aromatic nitrogens is 1. The molecule has 0 saturated heterocycles. The minimum atomic E-state index is -0.397. The van der Waals surface area contributed by atoms with Gasteiger partial charge in [-0.25, -0.2) is 5.43 Å². The molecule has 2 aromatic carbocycles. The van der Waals surface area contributed by atoms with E-state index in [-0.39, 0.29) is 10.8 Å². The van der Waals surface area contributed by atoms with Crippen LogP contribution < -0.4 is 5.43 Å². The molecule has 144 valence electrons. The van der Waals surface area contributed by atoms with Crippen molar-refractivity contribution in [3.05, 3.63) is 87.2 Å². The van der Waals surface area contributed by atoms with Crippen molar-refractivity contribution in [1.29, 1.82) is 0 Å². The first-order chi connectivity index (χ1) is 13.3. The SMILES string of the molecule is Cc1ccc(Cn2c(C)cc(C=NNC(=O)c3ccc(O)c(Cl)c3)c2C)cc1. The first kappa shape index (κ1) is 19.7. The summed E-state index contributed by atoms with van der Waals surface area (Å²) in [6.45, 7) is 6.94. The fourth-order valence-corrected chi connectivity index (χ4v) is 3.13. The first-order valence-electron chi connectivity index (χ1n) is 8.89. The van der Waals surface area contributed by atoms with Gasteiger partial charge in [0, 0.05) is 29.1 Å². The van der Waals surface area contributed by atoms with Gasteiger partial charge in [-0.3, -0.25) is 4.79 Å². The number of rotatable bonds is 5. The summed E-state index contributed by atoms with van der Waals surface area (Å²) in [4.78, 5) is 12.2. The molecule has 1 aromatic heterocycles. The van der Waals surface area contributed by atoms with Gasteiger partial charge in [0.2, 0.25) is 0 Å². The Labute approximate surface area is 169 Å². The molecule has 0 aliphatic rings. The number of halogens is 1. The number of phenols is 1. The molecule has 3 rings (SSSR count). The lowest BCUT2D eigenvalue weighted by Gasteiger charge is -2.10. The molecular formula is C22H22ClN3O2. The van der Waals surface area contributed by atoms with E-state index in [0.717, 1.165) is 23.5 Å². The van der Waals surface area contributed by atoms with Crippen LogP contribution in [0, 0.1) is 20.8 Å². The van der Waals surface area contributed by atoms with Gasteiger partial charge in [0.05, 0.1) is 11.2 Å². The smallest absolute Gasteiger partial charge is 0.271 e. The number of aromatic hydroxyl groups is 1. The summed E-state index contributed by atoms with van der Waals surface area (Å²) in [5.41, 5.74) is 8.41. The van der Waals surface area contributed by atoms with Crippen molar-refractivity contribution in [2.75, 3.05) is 0 Å². The Balaban J connectivity index is 1.71. The van der Waals surface area contributed by atoms with Crippen molar-refractivity contribution in [2.24, 2.45) is 5.10 Å². The van der Waals surface area contributed by atoms with Crippen LogP contribution in [0.4, 0.5) is 0 Å². The standard InChI is InChI=1S/C22H22ClN3O2/c1-14-4-6-17(7-5-14)13-26-15(2)10-19(16(26)3)12-24-25-22(28)18-8-9-21(27)20(23)11-18/h4-12,27H,13H2,1-3H3,(H,25,28). The van der Waals surface area contributed by atoms with Gasteiger partial charge in [-0.1, -0.05) is 41.4 Å². The average Bonchev–Trinajstić information content (AvgIpc) is 2.93. The highest BCUT2D eigenvalue weighted by atomic mass is 35.5. The van der Waals surface area contributed by atoms with E-state index in [1.807, 2.05) is 13.0 Å². The molecule has 0 unspecified atom stereocenters. The lowest BCUT2D eigenvalue weighted by Crippen LogP contribution is -2.17. The number of carbonyl (C=O) groups is 1. The second-order valence-electron chi connectivity index (χ2n) is 6.76. The van der Waals surface area contributed by atoms with Crippen LogP contribution in [0.15, 0.2) is 53.6 Å². The van der Waals surface area contributed by atoms with Crippen LogP contribution in [0.1, 0.15) is 38.4 Å². The molecule has 0 spiro atoms. The van der Waals surface area contributed by atoms with Crippen LogP contribution in [0.3, 0.4) is 0 Å².